The third kappa shape index (κ3) is 1.55. The summed E-state index contributed by atoms with van der Waals surface area (Å²) in [5.74, 6) is 0. The molecule has 2 nitrogen and oxygen atoms in total. The highest BCUT2D eigenvalue weighted by molar-refractivity contribution is 6.32. The van der Waals surface area contributed by atoms with E-state index in [0.29, 0.717) is 0 Å². The van der Waals surface area contributed by atoms with Crippen LogP contribution in [-0.2, 0) is 5.41 Å². The third-order valence-corrected chi connectivity index (χ3v) is 4.13. The van der Waals surface area contributed by atoms with Gasteiger partial charge in [0.25, 0.3) is 0 Å². The van der Waals surface area contributed by atoms with E-state index in [1.165, 1.54) is 0 Å². The number of halogens is 1. The zero-order valence-corrected chi connectivity index (χ0v) is 10.4. The van der Waals surface area contributed by atoms with Crippen LogP contribution in [-0.4, -0.2) is 16.2 Å². The van der Waals surface area contributed by atoms with Crippen molar-refractivity contribution in [3.8, 4) is 0 Å². The number of nitrogens with zero attached hydrogens (tertiary/aromatic N) is 1. The minimum absolute atomic E-state index is 0.176. The van der Waals surface area contributed by atoms with Gasteiger partial charge in [0.05, 0.1) is 11.6 Å². The van der Waals surface area contributed by atoms with Crippen LogP contribution >= 0.6 is 11.6 Å². The quantitative estimate of drug-likeness (QED) is 0.883. The Morgan fingerprint density at radius 2 is 2.12 bits per heavy atom. The van der Waals surface area contributed by atoms with Gasteiger partial charge >= 0.3 is 0 Å². The van der Waals surface area contributed by atoms with E-state index in [4.69, 9.17) is 11.6 Å². The van der Waals surface area contributed by atoms with Crippen LogP contribution in [0.4, 0.5) is 0 Å². The van der Waals surface area contributed by atoms with Gasteiger partial charge in [-0.25, -0.2) is 0 Å². The summed E-state index contributed by atoms with van der Waals surface area (Å²) in [6, 6.07) is 7.83. The van der Waals surface area contributed by atoms with Gasteiger partial charge in [0.1, 0.15) is 0 Å². The summed E-state index contributed by atoms with van der Waals surface area (Å²) in [5.41, 5.74) is 1.77. The molecule has 1 unspecified atom stereocenters. The molecule has 1 aliphatic rings. The molecule has 2 aromatic rings. The predicted molar refractivity (Wildman–Crippen MR) is 69.3 cm³/mol. The largest absolute Gasteiger partial charge is 0.392 e. The van der Waals surface area contributed by atoms with Gasteiger partial charge in [-0.3, -0.25) is 4.98 Å². The van der Waals surface area contributed by atoms with Crippen LogP contribution in [0.1, 0.15) is 25.3 Å². The third-order valence-electron chi connectivity index (χ3n) is 3.81. The first kappa shape index (κ1) is 11.0. The van der Waals surface area contributed by atoms with E-state index in [1.807, 2.05) is 31.2 Å². The molecule has 1 atom stereocenters. The molecule has 0 bridgehead atoms. The van der Waals surface area contributed by atoms with Crippen molar-refractivity contribution < 1.29 is 5.11 Å². The molecule has 1 heterocycles. The number of benzene rings is 1. The fourth-order valence-electron chi connectivity index (χ4n) is 2.61. The fraction of sp³-hybridized carbons (Fsp3) is 0.357. The molecule has 1 aliphatic carbocycles. The minimum Gasteiger partial charge on any atom is -0.392 e. The Hall–Kier alpha value is -1.12. The molecule has 1 aromatic carbocycles. The average Bonchev–Trinajstić information content (AvgIpc) is 3.10. The van der Waals surface area contributed by atoms with Crippen LogP contribution in [0, 0.1) is 0 Å². The maximum absolute atomic E-state index is 9.99. The number of pyridine rings is 1. The van der Waals surface area contributed by atoms with E-state index < -0.39 is 0 Å². The van der Waals surface area contributed by atoms with E-state index in [2.05, 4.69) is 4.98 Å². The standard InChI is InChI=1S/C14H14ClNO/c1-9(17)14(6-7-14)12-11(15)5-4-10-3-2-8-16-13(10)12/h2-5,8-9,17H,6-7H2,1H3. The smallest absolute Gasteiger partial charge is 0.0755 e. The van der Waals surface area contributed by atoms with Crippen LogP contribution in [0.3, 0.4) is 0 Å². The van der Waals surface area contributed by atoms with Gasteiger partial charge in [-0.2, -0.15) is 0 Å². The van der Waals surface area contributed by atoms with Gasteiger partial charge in [0, 0.05) is 27.6 Å². The summed E-state index contributed by atoms with van der Waals surface area (Å²) in [7, 11) is 0. The summed E-state index contributed by atoms with van der Waals surface area (Å²) in [4.78, 5) is 4.44. The molecule has 1 N–H and O–H groups in total. The maximum Gasteiger partial charge on any atom is 0.0755 e. The van der Waals surface area contributed by atoms with Gasteiger partial charge < -0.3 is 5.11 Å². The zero-order chi connectivity index (χ0) is 12.0. The van der Waals surface area contributed by atoms with Gasteiger partial charge in [0.15, 0.2) is 0 Å². The molecule has 88 valence electrons. The number of aliphatic hydroxyl groups excluding tert-OH is 1. The molecular weight excluding hydrogens is 234 g/mol. The van der Waals surface area contributed by atoms with Gasteiger partial charge in [-0.05, 0) is 31.9 Å². The van der Waals surface area contributed by atoms with Crippen molar-refractivity contribution in [1.82, 2.24) is 4.98 Å². The van der Waals surface area contributed by atoms with Crippen LogP contribution in [0.5, 0.6) is 0 Å². The summed E-state index contributed by atoms with van der Waals surface area (Å²) in [6.07, 6.45) is 3.37. The monoisotopic (exact) mass is 247 g/mol. The fourth-order valence-corrected chi connectivity index (χ4v) is 2.95. The van der Waals surface area contributed by atoms with Crippen molar-refractivity contribution >= 4 is 22.5 Å². The van der Waals surface area contributed by atoms with E-state index in [0.717, 1.165) is 34.3 Å². The molecule has 0 amide bonds. The minimum atomic E-state index is -0.382. The van der Waals surface area contributed by atoms with E-state index in [-0.39, 0.29) is 11.5 Å². The lowest BCUT2D eigenvalue weighted by molar-refractivity contribution is 0.151. The second-order valence-electron chi connectivity index (χ2n) is 4.83. The molecule has 0 saturated heterocycles. The Morgan fingerprint density at radius 1 is 1.35 bits per heavy atom. The molecule has 1 saturated carbocycles. The Balaban J connectivity index is 2.32. The van der Waals surface area contributed by atoms with Crippen LogP contribution in [0.2, 0.25) is 5.02 Å². The lowest BCUT2D eigenvalue weighted by atomic mass is 9.89. The normalized spacial score (nSPS) is 19.2. The van der Waals surface area contributed by atoms with Gasteiger partial charge in [0.2, 0.25) is 0 Å². The molecular formula is C14H14ClNO. The summed E-state index contributed by atoms with van der Waals surface area (Å²) in [6.45, 7) is 1.84. The summed E-state index contributed by atoms with van der Waals surface area (Å²) >= 11 is 6.32. The zero-order valence-electron chi connectivity index (χ0n) is 9.65. The molecule has 0 spiro atoms. The lowest BCUT2D eigenvalue weighted by Gasteiger charge is -2.21. The second kappa shape index (κ2) is 3.69. The van der Waals surface area contributed by atoms with E-state index in [1.54, 1.807) is 6.20 Å². The summed E-state index contributed by atoms with van der Waals surface area (Å²) < 4.78 is 0. The van der Waals surface area contributed by atoms with Crippen molar-refractivity contribution in [2.24, 2.45) is 0 Å². The molecule has 3 rings (SSSR count). The molecule has 0 aliphatic heterocycles. The number of rotatable bonds is 2. The van der Waals surface area contributed by atoms with Gasteiger partial charge in [-0.1, -0.05) is 23.7 Å². The number of aromatic nitrogens is 1. The molecule has 17 heavy (non-hydrogen) atoms. The van der Waals surface area contributed by atoms with Crippen molar-refractivity contribution in [3.05, 3.63) is 41.0 Å². The van der Waals surface area contributed by atoms with Crippen molar-refractivity contribution in [3.63, 3.8) is 0 Å². The number of hydrogen-bond donors (Lipinski definition) is 1. The summed E-state index contributed by atoms with van der Waals surface area (Å²) in [5, 5.41) is 11.8. The van der Waals surface area contributed by atoms with Crippen LogP contribution < -0.4 is 0 Å². The Kier molecular flexibility index (Phi) is 2.39. The maximum atomic E-state index is 9.99. The molecule has 0 radical (unpaired) electrons. The van der Waals surface area contributed by atoms with Gasteiger partial charge in [-0.15, -0.1) is 0 Å². The first-order valence-corrected chi connectivity index (χ1v) is 6.25. The number of hydrogen-bond acceptors (Lipinski definition) is 2. The van der Waals surface area contributed by atoms with Crippen molar-refractivity contribution in [1.29, 1.82) is 0 Å². The Labute approximate surface area is 105 Å². The first-order chi connectivity index (χ1) is 8.15. The average molecular weight is 248 g/mol. The lowest BCUT2D eigenvalue weighted by Crippen LogP contribution is -2.23. The van der Waals surface area contributed by atoms with E-state index >= 15 is 0 Å². The topological polar surface area (TPSA) is 33.1 Å². The SMILES string of the molecule is CC(O)C1(c2c(Cl)ccc3cccnc23)CC1. The first-order valence-electron chi connectivity index (χ1n) is 5.87. The second-order valence-corrected chi connectivity index (χ2v) is 5.24. The highest BCUT2D eigenvalue weighted by Gasteiger charge is 2.50. The number of aliphatic hydroxyl groups is 1. The highest BCUT2D eigenvalue weighted by Crippen LogP contribution is 2.54. The molecule has 1 fully saturated rings. The van der Waals surface area contributed by atoms with Crippen LogP contribution in [0.15, 0.2) is 30.5 Å². The van der Waals surface area contributed by atoms with E-state index in [9.17, 15) is 5.11 Å². The van der Waals surface area contributed by atoms with Crippen molar-refractivity contribution in [2.75, 3.05) is 0 Å². The molecule has 1 aromatic heterocycles. The predicted octanol–water partition coefficient (Wildman–Crippen LogP) is 3.30. The van der Waals surface area contributed by atoms with Crippen molar-refractivity contribution in [2.45, 2.75) is 31.3 Å². The number of fused-ring (bicyclic) bond motifs is 1. The highest BCUT2D eigenvalue weighted by atomic mass is 35.5. The Morgan fingerprint density at radius 3 is 2.76 bits per heavy atom. The molecule has 3 heteroatoms. The van der Waals surface area contributed by atoms with Crippen LogP contribution in [0.25, 0.3) is 10.9 Å². The Bertz CT molecular complexity index is 575.